The zero-order valence-electron chi connectivity index (χ0n) is 12.8. The van der Waals surface area contributed by atoms with Crippen molar-refractivity contribution in [2.75, 3.05) is 13.2 Å². The summed E-state index contributed by atoms with van der Waals surface area (Å²) in [7, 11) is 0. The fourth-order valence-electron chi connectivity index (χ4n) is 2.54. The lowest BCUT2D eigenvalue weighted by Gasteiger charge is -2.32. The van der Waals surface area contributed by atoms with Crippen LogP contribution in [0, 0.1) is 0 Å². The van der Waals surface area contributed by atoms with Crippen LogP contribution in [0.25, 0.3) is 0 Å². The SMILES string of the molecule is O=C(CCc1cccs1)N[C@@H]1COCC[C@H]1Oc1ccccn1. The molecule has 1 fully saturated rings. The summed E-state index contributed by atoms with van der Waals surface area (Å²) in [6, 6.07) is 9.47. The van der Waals surface area contributed by atoms with Crippen LogP contribution in [-0.4, -0.2) is 36.3 Å². The van der Waals surface area contributed by atoms with Crippen molar-refractivity contribution in [2.45, 2.75) is 31.4 Å². The van der Waals surface area contributed by atoms with Gasteiger partial charge in [0.1, 0.15) is 6.10 Å². The second kappa shape index (κ2) is 8.08. The van der Waals surface area contributed by atoms with Gasteiger partial charge in [0.15, 0.2) is 0 Å². The van der Waals surface area contributed by atoms with E-state index in [2.05, 4.69) is 16.4 Å². The molecule has 3 heterocycles. The van der Waals surface area contributed by atoms with Crippen molar-refractivity contribution in [2.24, 2.45) is 0 Å². The summed E-state index contributed by atoms with van der Waals surface area (Å²) in [4.78, 5) is 17.6. The van der Waals surface area contributed by atoms with Crippen molar-refractivity contribution < 1.29 is 14.3 Å². The Morgan fingerprint density at radius 2 is 2.35 bits per heavy atom. The molecule has 0 unspecified atom stereocenters. The molecule has 1 aliphatic heterocycles. The van der Waals surface area contributed by atoms with Gasteiger partial charge in [-0.2, -0.15) is 0 Å². The number of thiophene rings is 1. The molecule has 0 spiro atoms. The van der Waals surface area contributed by atoms with Crippen molar-refractivity contribution in [3.63, 3.8) is 0 Å². The molecule has 23 heavy (non-hydrogen) atoms. The number of aromatic nitrogens is 1. The van der Waals surface area contributed by atoms with E-state index in [-0.39, 0.29) is 18.1 Å². The molecular weight excluding hydrogens is 312 g/mol. The third kappa shape index (κ3) is 4.77. The Balaban J connectivity index is 1.52. The predicted molar refractivity (Wildman–Crippen MR) is 88.7 cm³/mol. The van der Waals surface area contributed by atoms with E-state index in [0.29, 0.717) is 25.5 Å². The van der Waals surface area contributed by atoms with Crippen LogP contribution in [0.1, 0.15) is 17.7 Å². The molecule has 1 aliphatic rings. The number of pyridine rings is 1. The van der Waals surface area contributed by atoms with Gasteiger partial charge >= 0.3 is 0 Å². The molecule has 3 rings (SSSR count). The van der Waals surface area contributed by atoms with Gasteiger partial charge in [-0.25, -0.2) is 4.98 Å². The quantitative estimate of drug-likeness (QED) is 0.882. The largest absolute Gasteiger partial charge is 0.472 e. The van der Waals surface area contributed by atoms with Gasteiger partial charge in [0.2, 0.25) is 11.8 Å². The van der Waals surface area contributed by atoms with Crippen molar-refractivity contribution >= 4 is 17.2 Å². The molecule has 2 atom stereocenters. The Bertz CT molecular complexity index is 604. The average molecular weight is 332 g/mol. The number of rotatable bonds is 6. The van der Waals surface area contributed by atoms with E-state index >= 15 is 0 Å². The number of amides is 1. The van der Waals surface area contributed by atoms with Crippen LogP contribution >= 0.6 is 11.3 Å². The molecule has 1 saturated heterocycles. The van der Waals surface area contributed by atoms with E-state index in [4.69, 9.17) is 9.47 Å². The van der Waals surface area contributed by atoms with Crippen molar-refractivity contribution in [3.05, 3.63) is 46.8 Å². The number of carbonyl (C=O) groups excluding carboxylic acids is 1. The molecule has 2 aromatic heterocycles. The van der Waals surface area contributed by atoms with Crippen LogP contribution in [0.5, 0.6) is 5.88 Å². The van der Waals surface area contributed by atoms with Crippen molar-refractivity contribution in [1.82, 2.24) is 10.3 Å². The predicted octanol–water partition coefficient (Wildman–Crippen LogP) is 2.43. The standard InChI is InChI=1S/C17H20N2O3S/c20-16(7-6-13-4-3-11-23-13)19-14-12-21-10-8-15(14)22-17-5-1-2-9-18-17/h1-5,9,11,14-15H,6-8,10,12H2,(H,19,20)/t14-,15-/m1/s1. The number of nitrogens with one attached hydrogen (secondary N) is 1. The normalized spacial score (nSPS) is 20.9. The molecule has 0 saturated carbocycles. The van der Waals surface area contributed by atoms with Gasteiger partial charge in [-0.3, -0.25) is 4.79 Å². The van der Waals surface area contributed by atoms with Crippen molar-refractivity contribution in [1.29, 1.82) is 0 Å². The van der Waals surface area contributed by atoms with Crippen LogP contribution in [0.15, 0.2) is 41.9 Å². The minimum atomic E-state index is -0.137. The summed E-state index contributed by atoms with van der Waals surface area (Å²) in [5.74, 6) is 0.612. The Morgan fingerprint density at radius 1 is 1.39 bits per heavy atom. The lowest BCUT2D eigenvalue weighted by molar-refractivity contribution is -0.124. The first-order valence-corrected chi connectivity index (χ1v) is 8.66. The van der Waals surface area contributed by atoms with Gasteiger partial charge in [0, 0.05) is 30.0 Å². The van der Waals surface area contributed by atoms with Crippen molar-refractivity contribution in [3.8, 4) is 5.88 Å². The van der Waals surface area contributed by atoms with E-state index in [0.717, 1.165) is 12.8 Å². The Hall–Kier alpha value is -1.92. The second-order valence-electron chi connectivity index (χ2n) is 5.44. The Labute approximate surface area is 139 Å². The molecule has 0 bridgehead atoms. The van der Waals surface area contributed by atoms with E-state index in [1.54, 1.807) is 17.5 Å². The van der Waals surface area contributed by atoms with Gasteiger partial charge in [-0.1, -0.05) is 12.1 Å². The third-order valence-corrected chi connectivity index (χ3v) is 4.66. The average Bonchev–Trinajstić information content (AvgIpc) is 3.09. The molecule has 0 radical (unpaired) electrons. The lowest BCUT2D eigenvalue weighted by atomic mass is 10.1. The molecular formula is C17H20N2O3S. The van der Waals surface area contributed by atoms with E-state index < -0.39 is 0 Å². The molecule has 0 aliphatic carbocycles. The molecule has 5 nitrogen and oxygen atoms in total. The summed E-state index contributed by atoms with van der Waals surface area (Å²) < 4.78 is 11.4. The number of aryl methyl sites for hydroxylation is 1. The van der Waals surface area contributed by atoms with Gasteiger partial charge in [0.05, 0.1) is 19.3 Å². The molecule has 1 amide bonds. The van der Waals surface area contributed by atoms with Gasteiger partial charge in [-0.05, 0) is 23.9 Å². The maximum atomic E-state index is 12.2. The van der Waals surface area contributed by atoms with Crippen LogP contribution in [0.2, 0.25) is 0 Å². The number of carbonyl (C=O) groups is 1. The third-order valence-electron chi connectivity index (χ3n) is 3.73. The number of nitrogens with zero attached hydrogens (tertiary/aromatic N) is 1. The molecule has 1 N–H and O–H groups in total. The van der Waals surface area contributed by atoms with Gasteiger partial charge < -0.3 is 14.8 Å². The minimum Gasteiger partial charge on any atom is -0.472 e. The first kappa shape index (κ1) is 16.0. The van der Waals surface area contributed by atoms with E-state index in [9.17, 15) is 4.79 Å². The summed E-state index contributed by atoms with van der Waals surface area (Å²) in [5.41, 5.74) is 0. The molecule has 6 heteroatoms. The minimum absolute atomic E-state index is 0.0310. The summed E-state index contributed by atoms with van der Waals surface area (Å²) >= 11 is 1.68. The number of ether oxygens (including phenoxy) is 2. The highest BCUT2D eigenvalue weighted by Crippen LogP contribution is 2.16. The maximum Gasteiger partial charge on any atom is 0.220 e. The van der Waals surface area contributed by atoms with E-state index in [1.807, 2.05) is 29.6 Å². The topological polar surface area (TPSA) is 60.5 Å². The van der Waals surface area contributed by atoms with Gasteiger partial charge in [-0.15, -0.1) is 11.3 Å². The zero-order chi connectivity index (χ0) is 15.9. The highest BCUT2D eigenvalue weighted by atomic mass is 32.1. The lowest BCUT2D eigenvalue weighted by Crippen LogP contribution is -2.51. The van der Waals surface area contributed by atoms with Crippen LogP contribution in [0.4, 0.5) is 0 Å². The highest BCUT2D eigenvalue weighted by Gasteiger charge is 2.29. The Kier molecular flexibility index (Phi) is 5.60. The van der Waals surface area contributed by atoms with Crippen LogP contribution < -0.4 is 10.1 Å². The number of hydrogen-bond donors (Lipinski definition) is 1. The fraction of sp³-hybridized carbons (Fsp3) is 0.412. The molecule has 2 aromatic rings. The summed E-state index contributed by atoms with van der Waals surface area (Å²) in [6.45, 7) is 1.11. The highest BCUT2D eigenvalue weighted by molar-refractivity contribution is 7.09. The monoisotopic (exact) mass is 332 g/mol. The zero-order valence-corrected chi connectivity index (χ0v) is 13.6. The van der Waals surface area contributed by atoms with Gasteiger partial charge in [0.25, 0.3) is 0 Å². The summed E-state index contributed by atoms with van der Waals surface area (Å²) in [6.07, 6.45) is 3.58. The maximum absolute atomic E-state index is 12.2. The molecule has 0 aromatic carbocycles. The second-order valence-corrected chi connectivity index (χ2v) is 6.47. The first-order chi connectivity index (χ1) is 11.3. The number of hydrogen-bond acceptors (Lipinski definition) is 5. The summed E-state index contributed by atoms with van der Waals surface area (Å²) in [5, 5.41) is 5.07. The van der Waals surface area contributed by atoms with Crippen LogP contribution in [-0.2, 0) is 16.0 Å². The Morgan fingerprint density at radius 3 is 3.13 bits per heavy atom. The fourth-order valence-corrected chi connectivity index (χ4v) is 3.25. The molecule has 122 valence electrons. The van der Waals surface area contributed by atoms with E-state index in [1.165, 1.54) is 4.88 Å². The smallest absolute Gasteiger partial charge is 0.220 e. The first-order valence-electron chi connectivity index (χ1n) is 7.78. The van der Waals surface area contributed by atoms with Crippen LogP contribution in [0.3, 0.4) is 0 Å².